The molecule has 0 saturated heterocycles. The number of amides is 1. The molecule has 29 heavy (non-hydrogen) atoms. The summed E-state index contributed by atoms with van der Waals surface area (Å²) in [5.41, 5.74) is 0.322. The second-order valence-corrected chi connectivity index (χ2v) is 7.59. The van der Waals surface area contributed by atoms with Gasteiger partial charge in [-0.05, 0) is 43.3 Å². The van der Waals surface area contributed by atoms with Crippen molar-refractivity contribution in [1.82, 2.24) is 0 Å². The Morgan fingerprint density at radius 2 is 1.48 bits per heavy atom. The van der Waals surface area contributed by atoms with E-state index in [2.05, 4.69) is 5.10 Å². The van der Waals surface area contributed by atoms with Gasteiger partial charge in [-0.1, -0.05) is 18.2 Å². The van der Waals surface area contributed by atoms with Crippen LogP contribution in [0, 0.1) is 5.41 Å². The van der Waals surface area contributed by atoms with Crippen LogP contribution in [0.4, 0.5) is 5.69 Å². The fraction of sp³-hybridized carbons (Fsp3) is 0.261. The Labute approximate surface area is 167 Å². The largest absolute Gasteiger partial charge is 0.469 e. The third-order valence-corrected chi connectivity index (χ3v) is 6.13. The second-order valence-electron chi connectivity index (χ2n) is 7.59. The van der Waals surface area contributed by atoms with Crippen molar-refractivity contribution in [1.29, 1.82) is 0 Å². The maximum atomic E-state index is 14.0. The molecule has 1 aliphatic carbocycles. The second kappa shape index (κ2) is 6.58. The number of rotatable bonds is 3. The number of hydrogen-bond acceptors (Lipinski definition) is 5. The summed E-state index contributed by atoms with van der Waals surface area (Å²) in [6.45, 7) is 1.86. The summed E-state index contributed by atoms with van der Waals surface area (Å²) in [6.07, 6.45) is 3.60. The van der Waals surface area contributed by atoms with Crippen LogP contribution >= 0.6 is 0 Å². The first-order chi connectivity index (χ1) is 14.1. The van der Waals surface area contributed by atoms with Crippen molar-refractivity contribution in [2.24, 2.45) is 10.5 Å². The molecular formula is C23H20N2O4. The van der Waals surface area contributed by atoms with Crippen molar-refractivity contribution in [3.63, 3.8) is 0 Å². The highest BCUT2D eigenvalue weighted by Gasteiger charge is 2.64. The molecule has 3 heterocycles. The Balaban J connectivity index is 1.71. The Morgan fingerprint density at radius 1 is 0.897 bits per heavy atom. The maximum Gasteiger partial charge on any atom is 0.260 e. The van der Waals surface area contributed by atoms with Crippen molar-refractivity contribution < 1.29 is 18.4 Å². The van der Waals surface area contributed by atoms with E-state index in [1.54, 1.807) is 24.7 Å². The van der Waals surface area contributed by atoms with E-state index < -0.39 is 17.3 Å². The van der Waals surface area contributed by atoms with Gasteiger partial charge in [0.25, 0.3) is 5.91 Å². The van der Waals surface area contributed by atoms with Gasteiger partial charge in [-0.3, -0.25) is 9.59 Å². The number of carbonyl (C=O) groups is 2. The van der Waals surface area contributed by atoms with E-state index in [1.165, 1.54) is 5.01 Å². The predicted molar refractivity (Wildman–Crippen MR) is 107 cm³/mol. The zero-order valence-electron chi connectivity index (χ0n) is 15.9. The van der Waals surface area contributed by atoms with Gasteiger partial charge >= 0.3 is 0 Å². The number of para-hydroxylation sites is 1. The van der Waals surface area contributed by atoms with Gasteiger partial charge in [0.1, 0.15) is 22.7 Å². The minimum atomic E-state index is -1.04. The van der Waals surface area contributed by atoms with Crippen LogP contribution in [0.15, 0.2) is 81.1 Å². The number of benzene rings is 1. The molecule has 6 heteroatoms. The summed E-state index contributed by atoms with van der Waals surface area (Å²) >= 11 is 0. The molecule has 6 nitrogen and oxygen atoms in total. The van der Waals surface area contributed by atoms with E-state index >= 15 is 0 Å². The molecule has 1 amide bonds. The third kappa shape index (κ3) is 2.52. The maximum absolute atomic E-state index is 14.0. The lowest BCUT2D eigenvalue weighted by Gasteiger charge is -2.43. The van der Waals surface area contributed by atoms with Crippen molar-refractivity contribution >= 4 is 23.1 Å². The van der Waals surface area contributed by atoms with Gasteiger partial charge in [-0.15, -0.1) is 0 Å². The molecule has 1 aromatic carbocycles. The molecule has 1 fully saturated rings. The highest BCUT2D eigenvalue weighted by molar-refractivity contribution is 6.21. The summed E-state index contributed by atoms with van der Waals surface area (Å²) < 4.78 is 11.4. The molecule has 0 radical (unpaired) electrons. The van der Waals surface area contributed by atoms with Crippen LogP contribution in [-0.4, -0.2) is 17.4 Å². The first-order valence-corrected chi connectivity index (χ1v) is 9.66. The van der Waals surface area contributed by atoms with E-state index in [-0.39, 0.29) is 24.5 Å². The smallest absolute Gasteiger partial charge is 0.260 e. The Kier molecular flexibility index (Phi) is 4.01. The number of nitrogens with zero attached hydrogens (tertiary/aromatic N) is 2. The number of hydrogen-bond donors (Lipinski definition) is 0. The molecule has 2 atom stereocenters. The Bertz CT molecular complexity index is 1020. The van der Waals surface area contributed by atoms with E-state index in [1.807, 2.05) is 49.4 Å². The number of hydrazone groups is 1. The van der Waals surface area contributed by atoms with Crippen LogP contribution < -0.4 is 5.01 Å². The molecule has 146 valence electrons. The minimum Gasteiger partial charge on any atom is -0.469 e. The van der Waals surface area contributed by atoms with Crippen LogP contribution in [0.5, 0.6) is 0 Å². The van der Waals surface area contributed by atoms with Gasteiger partial charge < -0.3 is 8.83 Å². The average molecular weight is 388 g/mol. The summed E-state index contributed by atoms with van der Waals surface area (Å²) in [5.74, 6) is 0.270. The molecule has 0 bridgehead atoms. The first kappa shape index (κ1) is 17.7. The standard InChI is InChI=1S/C23H20N2O4/c1-15-23(22(27)25(24-15)16-7-3-2-4-8-16)18(20-9-5-11-28-20)13-17(26)14-19(23)21-10-6-12-29-21/h2-12,18-19H,13-14H2,1H3/t18-,19-/m0/s1. The lowest BCUT2D eigenvalue weighted by Crippen LogP contribution is -2.52. The third-order valence-electron chi connectivity index (χ3n) is 6.13. The normalized spacial score (nSPS) is 23.6. The van der Waals surface area contributed by atoms with Crippen molar-refractivity contribution in [2.75, 3.05) is 5.01 Å². The number of ketones is 1. The fourth-order valence-electron chi connectivity index (χ4n) is 4.89. The fourth-order valence-corrected chi connectivity index (χ4v) is 4.89. The topological polar surface area (TPSA) is 76.0 Å². The SMILES string of the molecule is CC1=NN(c2ccccc2)C(=O)C12[C@H](c1ccco1)CC(=O)C[C@H]2c1ccco1. The zero-order valence-corrected chi connectivity index (χ0v) is 15.9. The quantitative estimate of drug-likeness (QED) is 0.661. The van der Waals surface area contributed by atoms with Crippen LogP contribution in [0.3, 0.4) is 0 Å². The van der Waals surface area contributed by atoms with Gasteiger partial charge in [-0.2, -0.15) is 10.1 Å². The number of carbonyl (C=O) groups excluding carboxylic acids is 2. The Morgan fingerprint density at radius 3 is 2.00 bits per heavy atom. The molecule has 2 aromatic heterocycles. The van der Waals surface area contributed by atoms with E-state index in [9.17, 15) is 9.59 Å². The Hall–Kier alpha value is -3.41. The molecule has 1 spiro atoms. The van der Waals surface area contributed by atoms with Gasteiger partial charge in [0.2, 0.25) is 0 Å². The van der Waals surface area contributed by atoms with Gasteiger partial charge in [0, 0.05) is 24.7 Å². The van der Waals surface area contributed by atoms with Gasteiger partial charge in [0.15, 0.2) is 0 Å². The lowest BCUT2D eigenvalue weighted by atomic mass is 9.56. The van der Waals surface area contributed by atoms with Gasteiger partial charge in [0.05, 0.1) is 23.9 Å². The van der Waals surface area contributed by atoms with Crippen LogP contribution in [-0.2, 0) is 9.59 Å². The molecule has 1 saturated carbocycles. The highest BCUT2D eigenvalue weighted by atomic mass is 16.3. The predicted octanol–water partition coefficient (Wildman–Crippen LogP) is 4.51. The van der Waals surface area contributed by atoms with Crippen LogP contribution in [0.1, 0.15) is 43.1 Å². The van der Waals surface area contributed by atoms with E-state index in [0.717, 1.165) is 0 Å². The lowest BCUT2D eigenvalue weighted by molar-refractivity contribution is -0.132. The molecule has 5 rings (SSSR count). The average Bonchev–Trinajstić information content (AvgIpc) is 3.49. The molecule has 1 aliphatic heterocycles. The summed E-state index contributed by atoms with van der Waals surface area (Å²) in [6, 6.07) is 16.6. The summed E-state index contributed by atoms with van der Waals surface area (Å²) in [7, 11) is 0. The molecular weight excluding hydrogens is 368 g/mol. The first-order valence-electron chi connectivity index (χ1n) is 9.66. The molecule has 3 aromatic rings. The van der Waals surface area contributed by atoms with Gasteiger partial charge in [-0.25, -0.2) is 0 Å². The number of Topliss-reactive ketones (excluding diaryl/α,β-unsaturated/α-hetero) is 1. The van der Waals surface area contributed by atoms with E-state index in [0.29, 0.717) is 22.9 Å². The van der Waals surface area contributed by atoms with Crippen LogP contribution in [0.25, 0.3) is 0 Å². The monoisotopic (exact) mass is 388 g/mol. The van der Waals surface area contributed by atoms with Crippen molar-refractivity contribution in [3.05, 3.63) is 78.6 Å². The van der Waals surface area contributed by atoms with Crippen molar-refractivity contribution in [3.8, 4) is 0 Å². The zero-order chi connectivity index (χ0) is 20.0. The summed E-state index contributed by atoms with van der Waals surface area (Å²) in [5, 5.41) is 6.12. The molecule has 2 aliphatic rings. The van der Waals surface area contributed by atoms with E-state index in [4.69, 9.17) is 8.83 Å². The van der Waals surface area contributed by atoms with Crippen LogP contribution in [0.2, 0.25) is 0 Å². The van der Waals surface area contributed by atoms with Crippen molar-refractivity contribution in [2.45, 2.75) is 31.6 Å². The highest BCUT2D eigenvalue weighted by Crippen LogP contribution is 2.58. The number of furan rings is 2. The number of anilines is 1. The molecule has 0 unspecified atom stereocenters. The summed E-state index contributed by atoms with van der Waals surface area (Å²) in [4.78, 5) is 26.8. The minimum absolute atomic E-state index is 0.0807. The molecule has 0 N–H and O–H groups in total.